The van der Waals surface area contributed by atoms with E-state index in [9.17, 15) is 8.78 Å². The third-order valence-electron chi connectivity index (χ3n) is 3.86. The third kappa shape index (κ3) is 3.48. The van der Waals surface area contributed by atoms with Crippen molar-refractivity contribution in [3.05, 3.63) is 70.8 Å². The van der Waals surface area contributed by atoms with Gasteiger partial charge in [-0.1, -0.05) is 38.1 Å². The van der Waals surface area contributed by atoms with Gasteiger partial charge in [-0.15, -0.1) is 0 Å². The second-order valence-electron chi connectivity index (χ2n) is 5.18. The SMILES string of the molecule is CCN(CC)C(c1ccc(F)cc1)c1ccc(F)c(C)c1. The standard InChI is InChI=1S/C18H21F2N/c1-4-21(5-2)18(14-6-9-16(19)10-7-14)15-8-11-17(20)13(3)12-15/h6-12,18H,4-5H2,1-3H3. The first kappa shape index (κ1) is 15.6. The van der Waals surface area contributed by atoms with Crippen molar-refractivity contribution in [3.63, 3.8) is 0 Å². The van der Waals surface area contributed by atoms with Gasteiger partial charge in [0.15, 0.2) is 0 Å². The molecule has 0 aromatic heterocycles. The van der Waals surface area contributed by atoms with Crippen molar-refractivity contribution >= 4 is 0 Å². The molecule has 0 N–H and O–H groups in total. The maximum Gasteiger partial charge on any atom is 0.126 e. The van der Waals surface area contributed by atoms with E-state index in [0.717, 1.165) is 24.2 Å². The Labute approximate surface area is 125 Å². The lowest BCUT2D eigenvalue weighted by Crippen LogP contribution is -2.29. The van der Waals surface area contributed by atoms with Gasteiger partial charge in [0.1, 0.15) is 11.6 Å². The fraction of sp³-hybridized carbons (Fsp3) is 0.333. The summed E-state index contributed by atoms with van der Waals surface area (Å²) in [5.74, 6) is -0.441. The van der Waals surface area contributed by atoms with Crippen molar-refractivity contribution in [1.29, 1.82) is 0 Å². The van der Waals surface area contributed by atoms with Crippen LogP contribution in [0.15, 0.2) is 42.5 Å². The van der Waals surface area contributed by atoms with Crippen LogP contribution in [0, 0.1) is 18.6 Å². The summed E-state index contributed by atoms with van der Waals surface area (Å²) in [5, 5.41) is 0. The van der Waals surface area contributed by atoms with E-state index in [4.69, 9.17) is 0 Å². The molecule has 0 radical (unpaired) electrons. The van der Waals surface area contributed by atoms with Gasteiger partial charge >= 0.3 is 0 Å². The second-order valence-corrected chi connectivity index (χ2v) is 5.18. The highest BCUT2D eigenvalue weighted by Crippen LogP contribution is 2.29. The summed E-state index contributed by atoms with van der Waals surface area (Å²) >= 11 is 0. The minimum Gasteiger partial charge on any atom is -0.293 e. The zero-order valence-corrected chi connectivity index (χ0v) is 12.7. The highest BCUT2D eigenvalue weighted by molar-refractivity contribution is 5.34. The lowest BCUT2D eigenvalue weighted by atomic mass is 9.95. The third-order valence-corrected chi connectivity index (χ3v) is 3.86. The van der Waals surface area contributed by atoms with Crippen molar-refractivity contribution in [3.8, 4) is 0 Å². The van der Waals surface area contributed by atoms with Crippen molar-refractivity contribution in [2.45, 2.75) is 26.8 Å². The van der Waals surface area contributed by atoms with Crippen LogP contribution in [-0.4, -0.2) is 18.0 Å². The molecule has 2 aromatic carbocycles. The van der Waals surface area contributed by atoms with Gasteiger partial charge in [-0.3, -0.25) is 4.90 Å². The fourth-order valence-corrected chi connectivity index (χ4v) is 2.69. The average Bonchev–Trinajstić information content (AvgIpc) is 2.49. The maximum atomic E-state index is 13.5. The van der Waals surface area contributed by atoms with Crippen LogP contribution in [0.4, 0.5) is 8.78 Å². The van der Waals surface area contributed by atoms with E-state index in [2.05, 4.69) is 18.7 Å². The van der Waals surface area contributed by atoms with Gasteiger partial charge in [0.05, 0.1) is 6.04 Å². The van der Waals surface area contributed by atoms with Gasteiger partial charge in [-0.05, 0) is 54.9 Å². The van der Waals surface area contributed by atoms with Crippen LogP contribution in [0.1, 0.15) is 36.6 Å². The Hall–Kier alpha value is -1.74. The van der Waals surface area contributed by atoms with Crippen LogP contribution in [0.2, 0.25) is 0 Å². The topological polar surface area (TPSA) is 3.24 Å². The van der Waals surface area contributed by atoms with E-state index >= 15 is 0 Å². The molecular formula is C18H21F2N. The number of benzene rings is 2. The molecule has 0 fully saturated rings. The van der Waals surface area contributed by atoms with E-state index in [1.165, 1.54) is 18.2 Å². The van der Waals surface area contributed by atoms with Crippen LogP contribution in [0.3, 0.4) is 0 Å². The van der Waals surface area contributed by atoms with E-state index < -0.39 is 0 Å². The minimum atomic E-state index is -0.243. The predicted molar refractivity (Wildman–Crippen MR) is 82.3 cm³/mol. The molecule has 21 heavy (non-hydrogen) atoms. The summed E-state index contributed by atoms with van der Waals surface area (Å²) in [7, 11) is 0. The number of hydrogen-bond acceptors (Lipinski definition) is 1. The molecule has 0 spiro atoms. The Kier molecular flexibility index (Phi) is 5.07. The molecule has 0 aliphatic carbocycles. The van der Waals surface area contributed by atoms with Crippen LogP contribution < -0.4 is 0 Å². The zero-order valence-electron chi connectivity index (χ0n) is 12.7. The molecule has 0 heterocycles. The largest absolute Gasteiger partial charge is 0.293 e. The summed E-state index contributed by atoms with van der Waals surface area (Å²) in [6.07, 6.45) is 0. The van der Waals surface area contributed by atoms with E-state index in [-0.39, 0.29) is 17.7 Å². The molecule has 1 atom stereocenters. The molecule has 3 heteroatoms. The highest BCUT2D eigenvalue weighted by Gasteiger charge is 2.20. The van der Waals surface area contributed by atoms with Gasteiger partial charge in [-0.2, -0.15) is 0 Å². The molecular weight excluding hydrogens is 268 g/mol. The molecule has 2 rings (SSSR count). The first-order chi connectivity index (χ1) is 10.1. The number of hydrogen-bond donors (Lipinski definition) is 0. The van der Waals surface area contributed by atoms with Gasteiger partial charge in [0.25, 0.3) is 0 Å². The summed E-state index contributed by atoms with van der Waals surface area (Å²) in [6.45, 7) is 7.69. The number of halogens is 2. The van der Waals surface area contributed by atoms with Crippen molar-refractivity contribution in [1.82, 2.24) is 4.90 Å². The number of nitrogens with zero attached hydrogens (tertiary/aromatic N) is 1. The molecule has 1 nitrogen and oxygen atoms in total. The first-order valence-electron chi connectivity index (χ1n) is 7.32. The maximum absolute atomic E-state index is 13.5. The molecule has 112 valence electrons. The Bertz CT molecular complexity index is 589. The van der Waals surface area contributed by atoms with Crippen LogP contribution in [-0.2, 0) is 0 Å². The fourth-order valence-electron chi connectivity index (χ4n) is 2.69. The Morgan fingerprint density at radius 2 is 1.48 bits per heavy atom. The number of aryl methyl sites for hydroxylation is 1. The molecule has 0 amide bonds. The minimum absolute atomic E-state index is 0.0138. The average molecular weight is 289 g/mol. The molecule has 1 unspecified atom stereocenters. The first-order valence-corrected chi connectivity index (χ1v) is 7.32. The molecule has 0 aliphatic heterocycles. The van der Waals surface area contributed by atoms with Crippen molar-refractivity contribution in [2.24, 2.45) is 0 Å². The zero-order chi connectivity index (χ0) is 15.4. The van der Waals surface area contributed by atoms with Gasteiger partial charge in [0.2, 0.25) is 0 Å². The molecule has 0 saturated heterocycles. The summed E-state index contributed by atoms with van der Waals surface area (Å²) in [6, 6.07) is 11.8. The summed E-state index contributed by atoms with van der Waals surface area (Å²) < 4.78 is 26.7. The van der Waals surface area contributed by atoms with Gasteiger partial charge in [-0.25, -0.2) is 8.78 Å². The Balaban J connectivity index is 2.49. The Morgan fingerprint density at radius 1 is 0.905 bits per heavy atom. The van der Waals surface area contributed by atoms with Crippen molar-refractivity contribution in [2.75, 3.05) is 13.1 Å². The summed E-state index contributed by atoms with van der Waals surface area (Å²) in [4.78, 5) is 2.28. The molecule has 0 saturated carbocycles. The van der Waals surface area contributed by atoms with Crippen LogP contribution >= 0.6 is 0 Å². The van der Waals surface area contributed by atoms with E-state index in [0.29, 0.717) is 5.56 Å². The lowest BCUT2D eigenvalue weighted by Gasteiger charge is -2.31. The van der Waals surface area contributed by atoms with E-state index in [1.54, 1.807) is 19.1 Å². The highest BCUT2D eigenvalue weighted by atomic mass is 19.1. The lowest BCUT2D eigenvalue weighted by molar-refractivity contribution is 0.250. The van der Waals surface area contributed by atoms with Gasteiger partial charge < -0.3 is 0 Å². The molecule has 0 aliphatic rings. The molecule has 2 aromatic rings. The summed E-state index contributed by atoms with van der Waals surface area (Å²) in [5.41, 5.74) is 2.68. The molecule has 0 bridgehead atoms. The van der Waals surface area contributed by atoms with Crippen molar-refractivity contribution < 1.29 is 8.78 Å². The van der Waals surface area contributed by atoms with Gasteiger partial charge in [0, 0.05) is 0 Å². The monoisotopic (exact) mass is 289 g/mol. The van der Waals surface area contributed by atoms with Crippen LogP contribution in [0.25, 0.3) is 0 Å². The second kappa shape index (κ2) is 6.81. The van der Waals surface area contributed by atoms with Crippen LogP contribution in [0.5, 0.6) is 0 Å². The quantitative estimate of drug-likeness (QED) is 0.771. The smallest absolute Gasteiger partial charge is 0.126 e. The number of rotatable bonds is 5. The van der Waals surface area contributed by atoms with E-state index in [1.807, 2.05) is 12.1 Å². The Morgan fingerprint density at radius 3 is 2.00 bits per heavy atom. The normalized spacial score (nSPS) is 12.7. The predicted octanol–water partition coefficient (Wildman–Crippen LogP) is 4.70.